The van der Waals surface area contributed by atoms with Crippen LogP contribution in [0.5, 0.6) is 0 Å². The summed E-state index contributed by atoms with van der Waals surface area (Å²) in [6.07, 6.45) is 0.412. The van der Waals surface area contributed by atoms with E-state index in [0.717, 1.165) is 6.42 Å². The molecular formula is C11H16F4O5S. The standard InChI is InChI=1S/C11H16F4O5S/c1-7(10(12,13)11(14,15)21(17,18)19)20-9(16)8-5-3-2-4-6-8/h7-8H,2-6H2,1H3,(H,17,18,19). The van der Waals surface area contributed by atoms with Crippen LogP contribution < -0.4 is 0 Å². The lowest BCUT2D eigenvalue weighted by Gasteiger charge is -2.30. The fraction of sp³-hybridized carbons (Fsp3) is 0.909. The lowest BCUT2D eigenvalue weighted by molar-refractivity contribution is -0.225. The summed E-state index contributed by atoms with van der Waals surface area (Å²) in [6, 6.07) is 0. The summed E-state index contributed by atoms with van der Waals surface area (Å²) >= 11 is 0. The summed E-state index contributed by atoms with van der Waals surface area (Å²) < 4.78 is 86.3. The molecule has 0 aliphatic heterocycles. The van der Waals surface area contributed by atoms with Gasteiger partial charge in [-0.3, -0.25) is 9.35 Å². The van der Waals surface area contributed by atoms with E-state index in [1.807, 2.05) is 0 Å². The first-order valence-corrected chi connectivity index (χ1v) is 7.78. The molecule has 1 unspecified atom stereocenters. The lowest BCUT2D eigenvalue weighted by atomic mass is 9.89. The average molecular weight is 336 g/mol. The van der Waals surface area contributed by atoms with Gasteiger partial charge in [0.1, 0.15) is 0 Å². The molecule has 1 atom stereocenters. The third-order valence-electron chi connectivity index (χ3n) is 3.45. The summed E-state index contributed by atoms with van der Waals surface area (Å²) in [5.41, 5.74) is 0. The molecule has 124 valence electrons. The fourth-order valence-electron chi connectivity index (χ4n) is 2.09. The largest absolute Gasteiger partial charge is 0.456 e. The Morgan fingerprint density at radius 2 is 1.67 bits per heavy atom. The van der Waals surface area contributed by atoms with Crippen molar-refractivity contribution in [1.29, 1.82) is 0 Å². The van der Waals surface area contributed by atoms with Gasteiger partial charge in [0.25, 0.3) is 0 Å². The topological polar surface area (TPSA) is 80.7 Å². The number of carbonyl (C=O) groups excluding carboxylic acids is 1. The van der Waals surface area contributed by atoms with Crippen molar-refractivity contribution in [3.8, 4) is 0 Å². The first kappa shape index (κ1) is 18.1. The van der Waals surface area contributed by atoms with E-state index in [1.54, 1.807) is 0 Å². The van der Waals surface area contributed by atoms with E-state index < -0.39 is 39.3 Å². The van der Waals surface area contributed by atoms with Crippen LogP contribution in [-0.4, -0.2) is 36.2 Å². The summed E-state index contributed by atoms with van der Waals surface area (Å²) in [6.45, 7) is 0.458. The van der Waals surface area contributed by atoms with Crippen molar-refractivity contribution >= 4 is 16.1 Å². The van der Waals surface area contributed by atoms with Crippen LogP contribution in [0.1, 0.15) is 39.0 Å². The van der Waals surface area contributed by atoms with E-state index in [2.05, 4.69) is 4.74 Å². The predicted octanol–water partition coefficient (Wildman–Crippen LogP) is 2.61. The quantitative estimate of drug-likeness (QED) is 0.474. The smallest absolute Gasteiger partial charge is 0.435 e. The molecule has 0 saturated heterocycles. The number of alkyl halides is 4. The number of ether oxygens (including phenoxy) is 1. The van der Waals surface area contributed by atoms with Crippen molar-refractivity contribution in [3.05, 3.63) is 0 Å². The van der Waals surface area contributed by atoms with Gasteiger partial charge in [-0.1, -0.05) is 19.3 Å². The molecule has 5 nitrogen and oxygen atoms in total. The Balaban J connectivity index is 2.81. The van der Waals surface area contributed by atoms with Crippen LogP contribution in [0.15, 0.2) is 0 Å². The monoisotopic (exact) mass is 336 g/mol. The zero-order valence-electron chi connectivity index (χ0n) is 11.2. The van der Waals surface area contributed by atoms with Gasteiger partial charge in [0.2, 0.25) is 0 Å². The molecule has 1 saturated carbocycles. The first-order valence-electron chi connectivity index (χ1n) is 6.34. The number of carbonyl (C=O) groups is 1. The number of esters is 1. The van der Waals surface area contributed by atoms with Crippen LogP contribution in [0.25, 0.3) is 0 Å². The highest BCUT2D eigenvalue weighted by atomic mass is 32.2. The maximum Gasteiger partial charge on any atom is 0.435 e. The Bertz CT molecular complexity index is 485. The predicted molar refractivity (Wildman–Crippen MR) is 63.6 cm³/mol. The molecule has 0 bridgehead atoms. The summed E-state index contributed by atoms with van der Waals surface area (Å²) in [5, 5.41) is -5.74. The van der Waals surface area contributed by atoms with Gasteiger partial charge < -0.3 is 4.74 Å². The van der Waals surface area contributed by atoms with Crippen LogP contribution in [-0.2, 0) is 19.6 Å². The molecule has 0 heterocycles. The van der Waals surface area contributed by atoms with Crippen LogP contribution in [0.4, 0.5) is 17.6 Å². The minimum absolute atomic E-state index is 0.409. The molecule has 10 heteroatoms. The van der Waals surface area contributed by atoms with Gasteiger partial charge in [-0.25, -0.2) is 0 Å². The van der Waals surface area contributed by atoms with Gasteiger partial charge >= 0.3 is 27.3 Å². The highest BCUT2D eigenvalue weighted by Gasteiger charge is 2.69. The van der Waals surface area contributed by atoms with Gasteiger partial charge in [0, 0.05) is 0 Å². The Labute approximate surface area is 119 Å². The summed E-state index contributed by atoms with van der Waals surface area (Å²) in [7, 11) is -6.34. The van der Waals surface area contributed by atoms with E-state index >= 15 is 0 Å². The number of halogens is 4. The molecule has 1 aliphatic rings. The molecule has 0 aromatic rings. The van der Waals surface area contributed by atoms with E-state index in [1.165, 1.54) is 0 Å². The van der Waals surface area contributed by atoms with Gasteiger partial charge in [0.15, 0.2) is 6.10 Å². The zero-order chi connectivity index (χ0) is 16.5. The van der Waals surface area contributed by atoms with Gasteiger partial charge in [-0.15, -0.1) is 0 Å². The van der Waals surface area contributed by atoms with Crippen molar-refractivity contribution in [1.82, 2.24) is 0 Å². The molecule has 0 radical (unpaired) electrons. The highest BCUT2D eigenvalue weighted by Crippen LogP contribution is 2.42. The number of rotatable bonds is 5. The summed E-state index contributed by atoms with van der Waals surface area (Å²) in [5.74, 6) is -6.96. The molecule has 0 amide bonds. The van der Waals surface area contributed by atoms with Gasteiger partial charge in [0.05, 0.1) is 5.92 Å². The molecule has 1 rings (SSSR count). The molecule has 0 spiro atoms. The Morgan fingerprint density at radius 1 is 1.19 bits per heavy atom. The first-order chi connectivity index (χ1) is 9.41. The highest BCUT2D eigenvalue weighted by molar-refractivity contribution is 7.87. The second-order valence-corrected chi connectivity index (χ2v) is 6.49. The zero-order valence-corrected chi connectivity index (χ0v) is 12.0. The molecule has 1 aliphatic carbocycles. The minimum atomic E-state index is -6.34. The van der Waals surface area contributed by atoms with E-state index in [0.29, 0.717) is 32.6 Å². The van der Waals surface area contributed by atoms with Crippen LogP contribution in [0.2, 0.25) is 0 Å². The molecule has 1 fully saturated rings. The molecule has 1 N–H and O–H groups in total. The third kappa shape index (κ3) is 3.65. The van der Waals surface area contributed by atoms with Crippen molar-refractivity contribution < 1.29 is 40.1 Å². The van der Waals surface area contributed by atoms with E-state index in [4.69, 9.17) is 4.55 Å². The maximum atomic E-state index is 13.5. The van der Waals surface area contributed by atoms with Crippen molar-refractivity contribution in [2.75, 3.05) is 0 Å². The Kier molecular flexibility index (Phi) is 5.25. The molecule has 21 heavy (non-hydrogen) atoms. The number of hydrogen-bond donors (Lipinski definition) is 1. The van der Waals surface area contributed by atoms with E-state index in [9.17, 15) is 30.8 Å². The fourth-order valence-corrected chi connectivity index (χ4v) is 2.60. The number of hydrogen-bond acceptors (Lipinski definition) is 4. The Hall–Kier alpha value is -0.900. The maximum absolute atomic E-state index is 13.5. The van der Waals surface area contributed by atoms with Gasteiger partial charge in [-0.05, 0) is 19.8 Å². The summed E-state index contributed by atoms with van der Waals surface area (Å²) in [4.78, 5) is 11.6. The van der Waals surface area contributed by atoms with Crippen molar-refractivity contribution in [2.24, 2.45) is 5.92 Å². The SMILES string of the molecule is CC(OC(=O)C1CCCCC1)C(F)(F)C(F)(F)S(=O)(=O)O. The van der Waals surface area contributed by atoms with E-state index in [-0.39, 0.29) is 0 Å². The Morgan fingerprint density at radius 3 is 2.10 bits per heavy atom. The average Bonchev–Trinajstić information content (AvgIpc) is 2.38. The van der Waals surface area contributed by atoms with Gasteiger partial charge in [-0.2, -0.15) is 26.0 Å². The van der Waals surface area contributed by atoms with Crippen molar-refractivity contribution in [2.45, 2.75) is 56.3 Å². The minimum Gasteiger partial charge on any atom is -0.456 e. The second-order valence-electron chi connectivity index (χ2n) is 5.03. The molecule has 0 aromatic heterocycles. The van der Waals surface area contributed by atoms with Crippen LogP contribution in [0, 0.1) is 5.92 Å². The van der Waals surface area contributed by atoms with Crippen LogP contribution >= 0.6 is 0 Å². The normalized spacial score (nSPS) is 20.1. The second kappa shape index (κ2) is 6.07. The lowest BCUT2D eigenvalue weighted by Crippen LogP contribution is -2.54. The third-order valence-corrected chi connectivity index (χ3v) is 4.37. The molecular weight excluding hydrogens is 320 g/mol. The van der Waals surface area contributed by atoms with Crippen molar-refractivity contribution in [3.63, 3.8) is 0 Å². The van der Waals surface area contributed by atoms with Crippen LogP contribution in [0.3, 0.4) is 0 Å². The molecule has 0 aromatic carbocycles.